The van der Waals surface area contributed by atoms with Crippen molar-refractivity contribution in [3.8, 4) is 5.75 Å². The molecular formula is C27H35N5O8. The molecule has 5 N–H and O–H groups in total. The molecule has 0 heterocycles. The number of rotatable bonds is 6. The van der Waals surface area contributed by atoms with E-state index in [4.69, 9.17) is 5.73 Å². The number of carbonyl (C=O) groups is 6. The van der Waals surface area contributed by atoms with Gasteiger partial charge in [0, 0.05) is 39.8 Å². The van der Waals surface area contributed by atoms with Crippen molar-refractivity contribution in [2.75, 3.05) is 59.0 Å². The van der Waals surface area contributed by atoms with Crippen molar-refractivity contribution < 1.29 is 39.0 Å². The molecule has 5 unspecified atom stereocenters. The Morgan fingerprint density at radius 3 is 2.23 bits per heavy atom. The van der Waals surface area contributed by atoms with Gasteiger partial charge in [-0.05, 0) is 44.5 Å². The summed E-state index contributed by atoms with van der Waals surface area (Å²) in [5, 5.41) is 25.7. The summed E-state index contributed by atoms with van der Waals surface area (Å²) >= 11 is 0. The zero-order valence-corrected chi connectivity index (χ0v) is 23.3. The van der Waals surface area contributed by atoms with Gasteiger partial charge in [0.15, 0.2) is 34.7 Å². The first-order valence-electron chi connectivity index (χ1n) is 12.9. The van der Waals surface area contributed by atoms with Gasteiger partial charge in [-0.15, -0.1) is 0 Å². The number of carbonyl (C=O) groups excluding carboxylic acids is 6. The molecule has 13 nitrogen and oxygen atoms in total. The van der Waals surface area contributed by atoms with Crippen molar-refractivity contribution in [3.63, 3.8) is 0 Å². The van der Waals surface area contributed by atoms with Crippen LogP contribution in [0.5, 0.6) is 5.75 Å². The van der Waals surface area contributed by atoms with Crippen molar-refractivity contribution in [2.24, 2.45) is 29.4 Å². The minimum atomic E-state index is -2.79. The van der Waals surface area contributed by atoms with Gasteiger partial charge in [-0.1, -0.05) is 0 Å². The van der Waals surface area contributed by atoms with Gasteiger partial charge >= 0.3 is 0 Å². The maximum atomic E-state index is 14.0. The maximum Gasteiger partial charge on any atom is 0.241 e. The number of primary amides is 1. The highest BCUT2D eigenvalue weighted by molar-refractivity contribution is 6.32. The summed E-state index contributed by atoms with van der Waals surface area (Å²) in [6.07, 6.45) is 0.110. The highest BCUT2D eigenvalue weighted by Gasteiger charge is 2.69. The van der Waals surface area contributed by atoms with Crippen LogP contribution in [0, 0.1) is 23.7 Å². The van der Waals surface area contributed by atoms with E-state index in [0.717, 1.165) is 0 Å². The number of phenols is 1. The Hall–Kier alpha value is -3.84. The van der Waals surface area contributed by atoms with Crippen LogP contribution in [-0.2, 0) is 30.4 Å². The molecule has 0 spiro atoms. The summed E-state index contributed by atoms with van der Waals surface area (Å²) in [7, 11) is 9.70. The Morgan fingerprint density at radius 2 is 1.70 bits per heavy atom. The summed E-state index contributed by atoms with van der Waals surface area (Å²) in [6.45, 7) is -0.171. The van der Waals surface area contributed by atoms with Gasteiger partial charge in [-0.2, -0.15) is 0 Å². The van der Waals surface area contributed by atoms with Gasteiger partial charge in [0.2, 0.25) is 11.8 Å². The van der Waals surface area contributed by atoms with Crippen molar-refractivity contribution >= 4 is 46.3 Å². The number of anilines is 2. The van der Waals surface area contributed by atoms with E-state index in [2.05, 4.69) is 5.32 Å². The number of ketones is 4. The SMILES string of the molecule is CN(C)C(=O)CNc1cc(N(C)C)c2c(c1O)C(=O)C1C(=O)C3(O)C(=O)C(C(N)=O)C(=O)[C@@H](N(C)C)C3CC1C2. The van der Waals surface area contributed by atoms with Crippen LogP contribution in [0.2, 0.25) is 0 Å². The standard InChI is InChI=1S/C27H35N5O8/c1-30(2)15-9-14(29-10-16(33)31(3)4)21(34)18-12(15)7-11-8-13-20(32(5)6)23(36)19(26(28)39)25(38)27(13,40)24(37)17(11)22(18)35/h9,11,13,17,19-20,29,34,40H,7-8,10H2,1-6H3,(H2,28,39)/t11?,13?,17?,19?,20-,27?/m0/s1. The van der Waals surface area contributed by atoms with E-state index in [9.17, 15) is 39.0 Å². The average molecular weight is 558 g/mol. The second-order valence-electron chi connectivity index (χ2n) is 11.5. The molecule has 1 aromatic carbocycles. The molecule has 2 amide bonds. The van der Waals surface area contributed by atoms with Crippen LogP contribution < -0.4 is 16.0 Å². The minimum absolute atomic E-state index is 0.0329. The summed E-state index contributed by atoms with van der Waals surface area (Å²) in [5.74, 6) is -11.4. The fourth-order valence-electron chi connectivity index (χ4n) is 6.51. The third-order valence-electron chi connectivity index (χ3n) is 8.45. The van der Waals surface area contributed by atoms with Crippen molar-refractivity contribution in [1.82, 2.24) is 9.80 Å². The van der Waals surface area contributed by atoms with E-state index >= 15 is 0 Å². The van der Waals surface area contributed by atoms with E-state index in [1.54, 1.807) is 39.2 Å². The Balaban J connectivity index is 1.85. The van der Waals surface area contributed by atoms with Crippen molar-refractivity contribution in [3.05, 3.63) is 17.2 Å². The van der Waals surface area contributed by atoms with E-state index in [1.165, 1.54) is 23.9 Å². The van der Waals surface area contributed by atoms with Gasteiger partial charge in [-0.3, -0.25) is 33.7 Å². The minimum Gasteiger partial charge on any atom is -0.505 e. The number of nitrogens with two attached hydrogens (primary N) is 1. The van der Waals surface area contributed by atoms with Gasteiger partial charge in [0.1, 0.15) is 5.75 Å². The number of aliphatic hydroxyl groups is 1. The normalized spacial score (nSPS) is 29.4. The van der Waals surface area contributed by atoms with Gasteiger partial charge in [0.25, 0.3) is 0 Å². The molecule has 40 heavy (non-hydrogen) atoms. The second kappa shape index (κ2) is 9.97. The largest absolute Gasteiger partial charge is 0.505 e. The molecule has 0 saturated heterocycles. The first-order chi connectivity index (χ1) is 18.5. The number of benzene rings is 1. The Kier molecular flexibility index (Phi) is 7.26. The predicted octanol–water partition coefficient (Wildman–Crippen LogP) is -1.57. The molecule has 2 fully saturated rings. The first kappa shape index (κ1) is 29.2. The monoisotopic (exact) mass is 557 g/mol. The summed E-state index contributed by atoms with van der Waals surface area (Å²) < 4.78 is 0. The summed E-state index contributed by atoms with van der Waals surface area (Å²) in [4.78, 5) is 83.3. The van der Waals surface area contributed by atoms with Crippen LogP contribution in [0.1, 0.15) is 22.3 Å². The number of amides is 2. The number of nitrogens with zero attached hydrogens (tertiary/aromatic N) is 3. The molecule has 13 heteroatoms. The topological polar surface area (TPSA) is 191 Å². The van der Waals surface area contributed by atoms with Gasteiger partial charge < -0.3 is 31.1 Å². The van der Waals surface area contributed by atoms with Gasteiger partial charge in [0.05, 0.1) is 29.8 Å². The Morgan fingerprint density at radius 1 is 1.07 bits per heavy atom. The molecule has 3 aliphatic carbocycles. The van der Waals surface area contributed by atoms with Gasteiger partial charge in [-0.25, -0.2) is 0 Å². The molecule has 0 aliphatic heterocycles. The van der Waals surface area contributed by atoms with E-state index in [-0.39, 0.29) is 36.5 Å². The molecular weight excluding hydrogens is 522 g/mol. The molecule has 0 radical (unpaired) electrons. The predicted molar refractivity (Wildman–Crippen MR) is 143 cm³/mol. The van der Waals surface area contributed by atoms with E-state index < -0.39 is 70.1 Å². The number of likely N-dealkylation sites (N-methyl/N-ethyl adjacent to an activating group) is 2. The maximum absolute atomic E-state index is 14.0. The van der Waals surface area contributed by atoms with Crippen LogP contribution in [0.4, 0.5) is 11.4 Å². The smallest absolute Gasteiger partial charge is 0.241 e. The average Bonchev–Trinajstić information content (AvgIpc) is 2.84. The number of hydrogen-bond donors (Lipinski definition) is 4. The number of fused-ring (bicyclic) bond motifs is 3. The zero-order valence-electron chi connectivity index (χ0n) is 23.3. The lowest BCUT2D eigenvalue weighted by Gasteiger charge is -2.52. The van der Waals surface area contributed by atoms with Crippen molar-refractivity contribution in [1.29, 1.82) is 0 Å². The molecule has 2 saturated carbocycles. The number of phenolic OH excluding ortho intramolecular Hbond substituents is 1. The second-order valence-corrected chi connectivity index (χ2v) is 11.5. The van der Waals surface area contributed by atoms with Crippen LogP contribution in [0.15, 0.2) is 6.07 Å². The third-order valence-corrected chi connectivity index (χ3v) is 8.45. The highest BCUT2D eigenvalue weighted by Crippen LogP contribution is 2.52. The highest BCUT2D eigenvalue weighted by atomic mass is 16.3. The van der Waals surface area contributed by atoms with Crippen LogP contribution in [0.25, 0.3) is 0 Å². The number of hydrogen-bond acceptors (Lipinski definition) is 11. The van der Waals surface area contributed by atoms with E-state index in [1.807, 2.05) is 0 Å². The lowest BCUT2D eigenvalue weighted by atomic mass is 9.52. The molecule has 4 rings (SSSR count). The molecule has 3 aliphatic rings. The summed E-state index contributed by atoms with van der Waals surface area (Å²) in [6, 6.07) is 0.448. The molecule has 216 valence electrons. The lowest BCUT2D eigenvalue weighted by Crippen LogP contribution is -2.74. The van der Waals surface area contributed by atoms with Crippen LogP contribution in [0.3, 0.4) is 0 Å². The molecule has 0 bridgehead atoms. The first-order valence-corrected chi connectivity index (χ1v) is 12.9. The van der Waals surface area contributed by atoms with Crippen molar-refractivity contribution in [2.45, 2.75) is 24.5 Å². The number of nitrogens with one attached hydrogen (secondary N) is 1. The fraction of sp³-hybridized carbons (Fsp3) is 0.556. The molecule has 1 aromatic rings. The molecule has 0 aromatic heterocycles. The fourth-order valence-corrected chi connectivity index (χ4v) is 6.51. The quantitative estimate of drug-likeness (QED) is 0.233. The zero-order chi connectivity index (χ0) is 30.0. The lowest BCUT2D eigenvalue weighted by molar-refractivity contribution is -0.181. The van der Waals surface area contributed by atoms with Crippen LogP contribution >= 0.6 is 0 Å². The summed E-state index contributed by atoms with van der Waals surface area (Å²) in [5.41, 5.74) is 3.57. The van der Waals surface area contributed by atoms with E-state index in [0.29, 0.717) is 11.3 Å². The third kappa shape index (κ3) is 4.15. The number of Topliss-reactive ketones (excluding diaryl/α,β-unsaturated/α-hetero) is 4. The number of aromatic hydroxyl groups is 1. The van der Waals surface area contributed by atoms with Crippen LogP contribution in [-0.4, -0.2) is 115 Å². The molecule has 6 atom stereocenters. The Bertz CT molecular complexity index is 1340. The Labute approximate surface area is 231 Å².